The standard InChI is InChI=1S/C21H14FN5O2S/c22-14-6-4-12(5-7-14)9-18(28)25-19-16-10-17(30-21(16)27-26-19)20(29)24-15-3-1-2-13(8-15)11-23/h1-8,10H,9H2,(H,24,29)(H2,25,26,27,28). The first-order valence-corrected chi connectivity index (χ1v) is 9.67. The number of thiophene rings is 1. The number of rotatable bonds is 5. The Morgan fingerprint density at radius 3 is 2.70 bits per heavy atom. The molecule has 30 heavy (non-hydrogen) atoms. The van der Waals surface area contributed by atoms with Gasteiger partial charge in [-0.15, -0.1) is 11.3 Å². The van der Waals surface area contributed by atoms with E-state index in [4.69, 9.17) is 5.26 Å². The monoisotopic (exact) mass is 419 g/mol. The number of nitriles is 1. The minimum atomic E-state index is -0.363. The highest BCUT2D eigenvalue weighted by molar-refractivity contribution is 7.20. The summed E-state index contributed by atoms with van der Waals surface area (Å²) in [6.07, 6.45) is 0.0769. The lowest BCUT2D eigenvalue weighted by Crippen LogP contribution is -2.15. The van der Waals surface area contributed by atoms with Crippen molar-refractivity contribution in [3.8, 4) is 6.07 Å². The van der Waals surface area contributed by atoms with Crippen LogP contribution in [0.1, 0.15) is 20.8 Å². The number of benzene rings is 2. The van der Waals surface area contributed by atoms with Gasteiger partial charge in [0.05, 0.1) is 28.3 Å². The van der Waals surface area contributed by atoms with Gasteiger partial charge in [-0.3, -0.25) is 14.7 Å². The summed E-state index contributed by atoms with van der Waals surface area (Å²) in [5.41, 5.74) is 1.63. The SMILES string of the molecule is N#Cc1cccc(NC(=O)c2cc3c(NC(=O)Cc4ccc(F)cc4)[nH]nc3s2)c1. The first-order chi connectivity index (χ1) is 14.5. The van der Waals surface area contributed by atoms with Gasteiger partial charge < -0.3 is 10.6 Å². The largest absolute Gasteiger partial charge is 0.321 e. The van der Waals surface area contributed by atoms with Crippen molar-refractivity contribution in [2.45, 2.75) is 6.42 Å². The number of hydrogen-bond donors (Lipinski definition) is 3. The van der Waals surface area contributed by atoms with Gasteiger partial charge in [-0.2, -0.15) is 10.4 Å². The normalized spacial score (nSPS) is 10.5. The number of carbonyl (C=O) groups is 2. The molecule has 7 nitrogen and oxygen atoms in total. The van der Waals surface area contributed by atoms with Crippen LogP contribution in [0.4, 0.5) is 15.9 Å². The lowest BCUT2D eigenvalue weighted by Gasteiger charge is -2.04. The Labute approximate surface area is 174 Å². The molecule has 2 heterocycles. The van der Waals surface area contributed by atoms with E-state index in [2.05, 4.69) is 20.8 Å². The van der Waals surface area contributed by atoms with Gasteiger partial charge in [0.25, 0.3) is 5.91 Å². The van der Waals surface area contributed by atoms with E-state index in [0.29, 0.717) is 37.7 Å². The lowest BCUT2D eigenvalue weighted by atomic mass is 10.1. The molecular formula is C21H14FN5O2S. The quantitative estimate of drug-likeness (QED) is 0.453. The van der Waals surface area contributed by atoms with Crippen LogP contribution >= 0.6 is 11.3 Å². The molecule has 4 rings (SSSR count). The van der Waals surface area contributed by atoms with Crippen molar-refractivity contribution < 1.29 is 14.0 Å². The Balaban J connectivity index is 1.47. The maximum atomic E-state index is 13.0. The Morgan fingerprint density at radius 1 is 1.13 bits per heavy atom. The van der Waals surface area contributed by atoms with Crippen LogP contribution in [0.5, 0.6) is 0 Å². The molecular weight excluding hydrogens is 405 g/mol. The molecule has 3 N–H and O–H groups in total. The highest BCUT2D eigenvalue weighted by Gasteiger charge is 2.17. The van der Waals surface area contributed by atoms with Gasteiger partial charge in [-0.1, -0.05) is 18.2 Å². The number of nitrogens with zero attached hydrogens (tertiary/aromatic N) is 2. The topological polar surface area (TPSA) is 111 Å². The van der Waals surface area contributed by atoms with Crippen LogP contribution < -0.4 is 10.6 Å². The van der Waals surface area contributed by atoms with E-state index >= 15 is 0 Å². The Bertz CT molecular complexity index is 1290. The van der Waals surface area contributed by atoms with Gasteiger partial charge >= 0.3 is 0 Å². The second-order valence-electron chi connectivity index (χ2n) is 6.43. The Kier molecular flexibility index (Phi) is 5.24. The van der Waals surface area contributed by atoms with Gasteiger partial charge in [0.15, 0.2) is 0 Å². The molecule has 0 atom stereocenters. The number of hydrogen-bond acceptors (Lipinski definition) is 5. The van der Waals surface area contributed by atoms with E-state index in [-0.39, 0.29) is 24.1 Å². The van der Waals surface area contributed by atoms with E-state index in [1.165, 1.54) is 23.5 Å². The molecule has 4 aromatic rings. The van der Waals surface area contributed by atoms with Gasteiger partial charge in [-0.05, 0) is 42.0 Å². The number of halogens is 1. The second kappa shape index (κ2) is 8.14. The zero-order valence-corrected chi connectivity index (χ0v) is 16.2. The molecule has 0 radical (unpaired) electrons. The third-order valence-electron chi connectivity index (χ3n) is 4.27. The molecule has 2 aromatic heterocycles. The van der Waals surface area contributed by atoms with Crippen molar-refractivity contribution in [1.29, 1.82) is 5.26 Å². The number of nitrogens with one attached hydrogen (secondary N) is 3. The Morgan fingerprint density at radius 2 is 1.93 bits per heavy atom. The minimum absolute atomic E-state index is 0.0769. The average Bonchev–Trinajstić information content (AvgIpc) is 3.32. The van der Waals surface area contributed by atoms with E-state index in [1.54, 1.807) is 42.5 Å². The molecule has 0 aliphatic carbocycles. The summed E-state index contributed by atoms with van der Waals surface area (Å²) >= 11 is 1.18. The third kappa shape index (κ3) is 4.19. The van der Waals surface area contributed by atoms with Crippen LogP contribution in [0.2, 0.25) is 0 Å². The van der Waals surface area contributed by atoms with Crippen molar-refractivity contribution >= 4 is 44.9 Å². The first kappa shape index (κ1) is 19.3. The highest BCUT2D eigenvalue weighted by atomic mass is 32.1. The maximum absolute atomic E-state index is 13.0. The molecule has 0 saturated carbocycles. The molecule has 148 valence electrons. The average molecular weight is 419 g/mol. The fourth-order valence-corrected chi connectivity index (χ4v) is 3.74. The van der Waals surface area contributed by atoms with Crippen molar-refractivity contribution in [1.82, 2.24) is 10.2 Å². The zero-order valence-electron chi connectivity index (χ0n) is 15.4. The number of carbonyl (C=O) groups excluding carboxylic acids is 2. The molecule has 0 aliphatic rings. The van der Waals surface area contributed by atoms with Crippen molar-refractivity contribution in [3.63, 3.8) is 0 Å². The van der Waals surface area contributed by atoms with Crippen LogP contribution in [-0.2, 0) is 11.2 Å². The fourth-order valence-electron chi connectivity index (χ4n) is 2.85. The van der Waals surface area contributed by atoms with Crippen LogP contribution in [0, 0.1) is 17.1 Å². The van der Waals surface area contributed by atoms with E-state index in [0.717, 1.165) is 0 Å². The summed E-state index contributed by atoms with van der Waals surface area (Å²) in [5, 5.41) is 21.9. The number of aromatic amines is 1. The molecule has 2 amide bonds. The fraction of sp³-hybridized carbons (Fsp3) is 0.0476. The van der Waals surface area contributed by atoms with Crippen molar-refractivity contribution in [2.75, 3.05) is 10.6 Å². The van der Waals surface area contributed by atoms with E-state index in [9.17, 15) is 14.0 Å². The van der Waals surface area contributed by atoms with Crippen LogP contribution in [0.15, 0.2) is 54.6 Å². The highest BCUT2D eigenvalue weighted by Crippen LogP contribution is 2.30. The number of anilines is 2. The van der Waals surface area contributed by atoms with E-state index < -0.39 is 0 Å². The van der Waals surface area contributed by atoms with Gasteiger partial charge in [0, 0.05) is 5.69 Å². The lowest BCUT2D eigenvalue weighted by molar-refractivity contribution is -0.115. The van der Waals surface area contributed by atoms with Crippen LogP contribution in [0.3, 0.4) is 0 Å². The Hall–Kier alpha value is -4.03. The smallest absolute Gasteiger partial charge is 0.265 e. The molecule has 0 unspecified atom stereocenters. The summed E-state index contributed by atoms with van der Waals surface area (Å²) in [6, 6.07) is 16.0. The molecule has 9 heteroatoms. The molecule has 0 bridgehead atoms. The molecule has 0 saturated heterocycles. The van der Waals surface area contributed by atoms with Gasteiger partial charge in [0.1, 0.15) is 16.5 Å². The van der Waals surface area contributed by atoms with Crippen LogP contribution in [0.25, 0.3) is 10.2 Å². The molecule has 0 spiro atoms. The summed E-state index contributed by atoms with van der Waals surface area (Å²) in [4.78, 5) is 25.8. The van der Waals surface area contributed by atoms with E-state index in [1.807, 2.05) is 6.07 Å². The maximum Gasteiger partial charge on any atom is 0.265 e. The number of H-pyrrole nitrogens is 1. The summed E-state index contributed by atoms with van der Waals surface area (Å²) in [6.45, 7) is 0. The summed E-state index contributed by atoms with van der Waals surface area (Å²) in [7, 11) is 0. The predicted molar refractivity (Wildman–Crippen MR) is 112 cm³/mol. The summed E-state index contributed by atoms with van der Waals surface area (Å²) in [5.74, 6) is -0.605. The summed E-state index contributed by atoms with van der Waals surface area (Å²) < 4.78 is 13.0. The minimum Gasteiger partial charge on any atom is -0.321 e. The number of fused-ring (bicyclic) bond motifs is 1. The first-order valence-electron chi connectivity index (χ1n) is 8.85. The van der Waals surface area contributed by atoms with Crippen LogP contribution in [-0.4, -0.2) is 22.0 Å². The van der Waals surface area contributed by atoms with Crippen molar-refractivity contribution in [3.05, 3.63) is 76.4 Å². The number of aromatic nitrogens is 2. The molecule has 2 aromatic carbocycles. The molecule has 0 aliphatic heterocycles. The van der Waals surface area contributed by atoms with Gasteiger partial charge in [-0.25, -0.2) is 4.39 Å². The third-order valence-corrected chi connectivity index (χ3v) is 5.29. The van der Waals surface area contributed by atoms with Crippen molar-refractivity contribution in [2.24, 2.45) is 0 Å². The zero-order chi connectivity index (χ0) is 21.1. The van der Waals surface area contributed by atoms with Gasteiger partial charge in [0.2, 0.25) is 5.91 Å². The second-order valence-corrected chi connectivity index (χ2v) is 7.46. The molecule has 0 fully saturated rings. The predicted octanol–water partition coefficient (Wildman–Crippen LogP) is 4.07. The number of amides is 2.